The van der Waals surface area contributed by atoms with Crippen LogP contribution in [-0.2, 0) is 28.0 Å². The van der Waals surface area contributed by atoms with Crippen molar-refractivity contribution in [1.82, 2.24) is 29.9 Å². The maximum absolute atomic E-state index is 13.1. The zero-order chi connectivity index (χ0) is 72.2. The first kappa shape index (κ1) is 77.9. The molecule has 3 aliphatic rings. The number of hydrogen-bond donors (Lipinski definition) is 4. The number of carbonyl (C=O) groups excluding carboxylic acids is 2. The van der Waals surface area contributed by atoms with Crippen LogP contribution in [0, 0.1) is 0 Å². The Morgan fingerprint density at radius 2 is 0.798 bits per heavy atom. The maximum atomic E-state index is 13.1. The van der Waals surface area contributed by atoms with Crippen LogP contribution in [0.15, 0.2) is 166 Å². The number of nitrogens with zero attached hydrogens (tertiary/aromatic N) is 6. The van der Waals surface area contributed by atoms with Crippen LogP contribution in [0.4, 0.5) is 67.2 Å². The third kappa shape index (κ3) is 19.1. The van der Waals surface area contributed by atoms with Gasteiger partial charge in [0.05, 0.1) is 48.0 Å². The van der Waals surface area contributed by atoms with Crippen molar-refractivity contribution in [3.63, 3.8) is 0 Å². The third-order valence-electron chi connectivity index (χ3n) is 15.8. The van der Waals surface area contributed by atoms with Gasteiger partial charge in [0, 0.05) is 64.5 Å². The zero-order valence-corrected chi connectivity index (χ0v) is 61.0. The average molecular weight is 1600 g/mol. The fourth-order valence-corrected chi connectivity index (χ4v) is 16.4. The molecule has 9 aromatic heterocycles. The van der Waals surface area contributed by atoms with Crippen molar-refractivity contribution >= 4 is 130 Å². The summed E-state index contributed by atoms with van der Waals surface area (Å²) < 4.78 is 125. The first-order valence-corrected chi connectivity index (χ1v) is 36.7. The minimum Gasteiger partial charge on any atom is -0.870 e. The van der Waals surface area contributed by atoms with Crippen molar-refractivity contribution < 1.29 is 92.8 Å². The van der Waals surface area contributed by atoms with E-state index in [0.717, 1.165) is 99.2 Å². The second-order valence-corrected chi connectivity index (χ2v) is 30.3. The van der Waals surface area contributed by atoms with E-state index in [1.54, 1.807) is 45.3 Å². The van der Waals surface area contributed by atoms with Crippen molar-refractivity contribution in [2.24, 2.45) is 0 Å². The van der Waals surface area contributed by atoms with Crippen LogP contribution < -0.4 is 35.2 Å². The number of nitrogens with one attached hydrogen (secondary N) is 2. The van der Waals surface area contributed by atoms with Crippen LogP contribution in [0.5, 0.6) is 0 Å². The monoisotopic (exact) mass is 1590 g/mol. The summed E-state index contributed by atoms with van der Waals surface area (Å²) in [7, 11) is 2.15. The number of pyridine rings is 3. The van der Waals surface area contributed by atoms with Crippen LogP contribution in [0.1, 0.15) is 119 Å². The number of thiophene rings is 3. The number of ether oxygens (including phenoxy) is 2. The van der Waals surface area contributed by atoms with Crippen molar-refractivity contribution in [3.8, 4) is 65.1 Å². The average Bonchev–Trinajstić information content (AvgIpc) is 1.62. The first-order chi connectivity index (χ1) is 48.8. The SMILES string of the molecule is Brc1nc(-c2ccc(-c3cccs3)cc2)c(C2CC2)s1.COC(=O)c1cc(C(F)(F)F)cnc1N.COC(=O)c1cc(C(F)(F)F)cnc1Nc1nc(-c2ccc(-c3cccs3)cc2)c(C2CC2)s1.O=C(O)c1cc(C(F)(F)F)cnc1Nc1nc(-c2ccc(-c3cccs3)cc2)c(C2CC2)s1.[Li+].[OH-]. The van der Waals surface area contributed by atoms with Crippen molar-refractivity contribution in [2.75, 3.05) is 30.6 Å². The first-order valence-electron chi connectivity index (χ1n) is 30.8. The molecule has 0 spiro atoms. The number of halogens is 10. The molecule has 0 atom stereocenters. The molecule has 3 saturated carbocycles. The molecular formula is C71H54BrF9LiN9O7S6. The normalized spacial score (nSPS) is 13.3. The number of aromatic carboxylic acids is 1. The van der Waals surface area contributed by atoms with Crippen molar-refractivity contribution in [1.29, 1.82) is 0 Å². The maximum Gasteiger partial charge on any atom is 1.00 e. The van der Waals surface area contributed by atoms with E-state index in [-0.39, 0.29) is 47.4 Å². The fourth-order valence-electron chi connectivity index (χ4n) is 10.2. The number of alkyl halides is 9. The van der Waals surface area contributed by atoms with Gasteiger partial charge in [-0.1, -0.05) is 91.0 Å². The quantitative estimate of drug-likeness (QED) is 0.0399. The van der Waals surface area contributed by atoms with Crippen molar-refractivity contribution in [2.45, 2.75) is 74.8 Å². The molecule has 0 bridgehead atoms. The molecule has 12 aromatic rings. The number of rotatable bonds is 16. The largest absolute Gasteiger partial charge is 1.00 e. The number of carboxylic acids is 1. The van der Waals surface area contributed by atoms with Gasteiger partial charge >= 0.3 is 55.3 Å². The van der Waals surface area contributed by atoms with E-state index in [1.165, 1.54) is 71.8 Å². The van der Waals surface area contributed by atoms with Gasteiger partial charge in [-0.25, -0.2) is 44.3 Å². The van der Waals surface area contributed by atoms with E-state index in [9.17, 15) is 59.0 Å². The molecule has 33 heteroatoms. The standard InChI is InChI=1S/C24H18F3N3O2S2.C23H16F3N3O2S2.C16H12BrNS2.C8H7F3N2O2.Li.H2O/c1-32-22(31)17-11-16(24(25,26)27)12-28-21(17)30-23-29-19(20(34-23)15-8-9-15)14-6-4-13(5-7-14)18-3-2-10-33-18;24-23(25,26)15-10-16(21(30)31)20(27-11-15)29-22-28-18(19(33-22)14-7-8-14)13-5-3-12(4-6-13)17-2-1-9-32-17;17-16-18-14(15(20-16)12-7-8-12)11-5-3-10(4-6-11)13-2-1-9-19-13;1-15-7(14)5-2-4(8(9,10)11)3-13-6(5)12;;/h2-7,10-12,15H,8-9H2,1H3,(H,28,29,30);1-6,9-11,14H,7-8H2,(H,30,31)(H,27,28,29);1-6,9,12H,7-8H2;2-3H,1H3,(H2,12,13);;1H2/q;;;;+1;/p-1. The topological polar surface area (TPSA) is 247 Å². The minimum absolute atomic E-state index is 0. The summed E-state index contributed by atoms with van der Waals surface area (Å²) in [6.45, 7) is 0. The molecule has 0 radical (unpaired) electrons. The number of methoxy groups -OCH3 is 2. The van der Waals surface area contributed by atoms with Crippen LogP contribution >= 0.6 is 84.0 Å². The molecule has 3 aliphatic carbocycles. The molecule has 6 N–H and O–H groups in total. The molecule has 9 heterocycles. The molecule has 0 saturated heterocycles. The van der Waals surface area contributed by atoms with Crippen molar-refractivity contribution in [3.05, 3.63) is 214 Å². The predicted octanol–water partition coefficient (Wildman–Crippen LogP) is 19.1. The second kappa shape index (κ2) is 33.2. The Bertz CT molecular complexity index is 4950. The molecule has 0 aliphatic heterocycles. The van der Waals surface area contributed by atoms with Gasteiger partial charge in [0.25, 0.3) is 0 Å². The third-order valence-corrected chi connectivity index (χ3v) is 22.5. The van der Waals surface area contributed by atoms with E-state index in [2.05, 4.69) is 127 Å². The van der Waals surface area contributed by atoms with Gasteiger partial charge in [-0.05, 0) is 141 Å². The van der Waals surface area contributed by atoms with Gasteiger partial charge < -0.3 is 36.4 Å². The van der Waals surface area contributed by atoms with Gasteiger partial charge in [-0.3, -0.25) is 0 Å². The Kier molecular flexibility index (Phi) is 24.9. The van der Waals surface area contributed by atoms with Crippen LogP contribution in [0.25, 0.3) is 65.1 Å². The number of benzene rings is 3. The Balaban J connectivity index is 0.000000155. The molecule has 0 amide bonds. The van der Waals surface area contributed by atoms with Gasteiger partial charge in [0.2, 0.25) is 0 Å². The summed E-state index contributed by atoms with van der Waals surface area (Å²) in [4.78, 5) is 66.9. The smallest absolute Gasteiger partial charge is 0.870 e. The Hall–Kier alpha value is -8.68. The number of esters is 2. The molecule has 532 valence electrons. The number of thiazole rings is 3. The molecular weight excluding hydrogens is 1540 g/mol. The summed E-state index contributed by atoms with van der Waals surface area (Å²) in [5.74, 6) is -2.34. The summed E-state index contributed by atoms with van der Waals surface area (Å²) in [5, 5.41) is 22.2. The van der Waals surface area contributed by atoms with E-state index >= 15 is 0 Å². The zero-order valence-electron chi connectivity index (χ0n) is 54.5. The van der Waals surface area contributed by atoms with E-state index in [1.807, 2.05) is 59.3 Å². The number of carbonyl (C=O) groups is 3. The Morgan fingerprint density at radius 1 is 0.481 bits per heavy atom. The number of hydrogen-bond acceptors (Lipinski definition) is 21. The van der Waals surface area contributed by atoms with E-state index in [0.29, 0.717) is 52.8 Å². The molecule has 16 nitrogen and oxygen atoms in total. The summed E-state index contributed by atoms with van der Waals surface area (Å²) in [5.41, 5.74) is 10.2. The van der Waals surface area contributed by atoms with Gasteiger partial charge in [0.15, 0.2) is 14.2 Å². The van der Waals surface area contributed by atoms with Gasteiger partial charge in [-0.15, -0.1) is 68.0 Å². The number of nitrogen functional groups attached to an aromatic ring is 1. The van der Waals surface area contributed by atoms with E-state index < -0.39 is 64.3 Å². The molecule has 0 unspecified atom stereocenters. The summed E-state index contributed by atoms with van der Waals surface area (Å²) >= 11 is 13.2. The fraction of sp³-hybridized carbons (Fsp3) is 0.197. The molecule has 3 fully saturated rings. The number of nitrogens with two attached hydrogens (primary N) is 1. The minimum atomic E-state index is -4.68. The Labute approximate surface area is 632 Å². The summed E-state index contributed by atoms with van der Waals surface area (Å²) in [6.07, 6.45) is -5.17. The molecule has 104 heavy (non-hydrogen) atoms. The number of aromatic nitrogens is 6. The van der Waals surface area contributed by atoms with Gasteiger partial charge in [0.1, 0.15) is 34.1 Å². The summed E-state index contributed by atoms with van der Waals surface area (Å²) in [6, 6.07) is 39.3. The number of anilines is 5. The Morgan fingerprint density at radius 3 is 1.13 bits per heavy atom. The van der Waals surface area contributed by atoms with Crippen LogP contribution in [-0.4, -0.2) is 72.6 Å². The predicted molar refractivity (Wildman–Crippen MR) is 386 cm³/mol. The van der Waals surface area contributed by atoms with Crippen LogP contribution in [0.3, 0.4) is 0 Å². The molecule has 3 aromatic carbocycles. The van der Waals surface area contributed by atoms with Crippen LogP contribution in [0.2, 0.25) is 0 Å². The van der Waals surface area contributed by atoms with Gasteiger partial charge in [-0.2, -0.15) is 39.5 Å². The number of carboxylic acid groups (broad SMARTS) is 1. The van der Waals surface area contributed by atoms with E-state index in [4.69, 9.17) is 10.7 Å². The molecule has 15 rings (SSSR count). The second-order valence-electron chi connectivity index (χ2n) is 23.1.